The third-order valence-corrected chi connectivity index (χ3v) is 5.78. The second kappa shape index (κ2) is 7.37. The molecule has 0 saturated heterocycles. The van der Waals surface area contributed by atoms with Crippen LogP contribution in [0.3, 0.4) is 0 Å². The van der Waals surface area contributed by atoms with Crippen molar-refractivity contribution in [2.75, 3.05) is 16.3 Å². The van der Waals surface area contributed by atoms with Crippen molar-refractivity contribution in [1.29, 1.82) is 0 Å². The minimum atomic E-state index is -3.34. The smallest absolute Gasteiger partial charge is 0.319 e. The summed E-state index contributed by atoms with van der Waals surface area (Å²) >= 11 is 0. The summed E-state index contributed by atoms with van der Waals surface area (Å²) < 4.78 is 25.3. The van der Waals surface area contributed by atoms with Crippen LogP contribution < -0.4 is 15.4 Å². The number of nitrogens with one attached hydrogen (secondary N) is 3. The number of carbonyl (C=O) groups excluding carboxylic acids is 1. The average molecular weight is 416 g/mol. The van der Waals surface area contributed by atoms with Gasteiger partial charge >= 0.3 is 6.03 Å². The minimum absolute atomic E-state index is 0.0933. The van der Waals surface area contributed by atoms with E-state index < -0.39 is 10.0 Å². The number of urea groups is 1. The summed E-state index contributed by atoms with van der Waals surface area (Å²) in [6.45, 7) is 8.33. The Hall–Kier alpha value is -2.54. The van der Waals surface area contributed by atoms with Gasteiger partial charge in [-0.2, -0.15) is 0 Å². The van der Waals surface area contributed by atoms with Gasteiger partial charge in [0.05, 0.1) is 17.5 Å². The van der Waals surface area contributed by atoms with E-state index in [0.29, 0.717) is 11.4 Å². The normalized spacial score (nSPS) is 15.5. The van der Waals surface area contributed by atoms with E-state index in [1.807, 2.05) is 0 Å². The van der Waals surface area contributed by atoms with Crippen molar-refractivity contribution in [2.45, 2.75) is 51.5 Å². The lowest BCUT2D eigenvalue weighted by molar-refractivity contribution is 0.247. The highest BCUT2D eigenvalue weighted by Crippen LogP contribution is 2.45. The van der Waals surface area contributed by atoms with Crippen LogP contribution in [0, 0.1) is 6.92 Å². The Morgan fingerprint density at radius 2 is 1.66 bits per heavy atom. The van der Waals surface area contributed by atoms with Crippen LogP contribution in [0.1, 0.15) is 50.3 Å². The van der Waals surface area contributed by atoms with E-state index in [1.54, 1.807) is 25.1 Å². The quantitative estimate of drug-likeness (QED) is 0.673. The van der Waals surface area contributed by atoms with Gasteiger partial charge in [-0.15, -0.1) is 0 Å². The molecule has 0 radical (unpaired) electrons. The van der Waals surface area contributed by atoms with Gasteiger partial charge in [-0.1, -0.05) is 45.0 Å². The van der Waals surface area contributed by atoms with Gasteiger partial charge in [-0.05, 0) is 60.1 Å². The number of rotatable bonds is 5. The summed E-state index contributed by atoms with van der Waals surface area (Å²) in [7, 11) is -3.34. The van der Waals surface area contributed by atoms with Crippen molar-refractivity contribution >= 4 is 27.4 Å². The van der Waals surface area contributed by atoms with Gasteiger partial charge in [0, 0.05) is 5.69 Å². The van der Waals surface area contributed by atoms with Crippen LogP contribution in [0.4, 0.5) is 16.2 Å². The van der Waals surface area contributed by atoms with E-state index in [9.17, 15) is 13.2 Å². The first kappa shape index (κ1) is 21.2. The molecule has 0 aromatic heterocycles. The van der Waals surface area contributed by atoms with Crippen molar-refractivity contribution in [3.05, 3.63) is 59.2 Å². The van der Waals surface area contributed by atoms with Gasteiger partial charge in [-0.3, -0.25) is 4.72 Å². The molecule has 1 aliphatic carbocycles. The predicted molar refractivity (Wildman–Crippen MR) is 118 cm³/mol. The molecule has 3 N–H and O–H groups in total. The fourth-order valence-electron chi connectivity index (χ4n) is 3.34. The number of hydrogen-bond acceptors (Lipinski definition) is 3. The van der Waals surface area contributed by atoms with Crippen LogP contribution in [0.5, 0.6) is 0 Å². The van der Waals surface area contributed by atoms with Crippen LogP contribution in [0.2, 0.25) is 0 Å². The van der Waals surface area contributed by atoms with Crippen LogP contribution in [0.25, 0.3) is 0 Å². The van der Waals surface area contributed by atoms with E-state index in [2.05, 4.69) is 60.4 Å². The molecule has 0 atom stereocenters. The number of benzene rings is 2. The molecule has 0 heterocycles. The lowest BCUT2D eigenvalue weighted by Gasteiger charge is -2.22. The van der Waals surface area contributed by atoms with E-state index >= 15 is 0 Å². The van der Waals surface area contributed by atoms with Crippen LogP contribution in [-0.4, -0.2) is 20.7 Å². The minimum Gasteiger partial charge on any atom is -0.328 e. The maximum Gasteiger partial charge on any atom is 0.319 e. The fraction of sp³-hybridized carbons (Fsp3) is 0.409. The molecule has 6 nitrogen and oxygen atoms in total. The third kappa shape index (κ3) is 5.29. The summed E-state index contributed by atoms with van der Waals surface area (Å²) in [5.74, 6) is 0. The average Bonchev–Trinajstić information content (AvgIpc) is 3.36. The summed E-state index contributed by atoms with van der Waals surface area (Å²) in [6.07, 6.45) is 2.92. The molecule has 0 unspecified atom stereocenters. The molecule has 2 aromatic carbocycles. The molecule has 0 bridgehead atoms. The lowest BCUT2D eigenvalue weighted by Crippen LogP contribution is -2.38. The first-order valence-electron chi connectivity index (χ1n) is 9.67. The van der Waals surface area contributed by atoms with Crippen molar-refractivity contribution in [2.24, 2.45) is 0 Å². The van der Waals surface area contributed by atoms with E-state index in [0.717, 1.165) is 30.2 Å². The summed E-state index contributed by atoms with van der Waals surface area (Å²) in [5, 5.41) is 5.95. The second-order valence-electron chi connectivity index (χ2n) is 8.89. The Bertz CT molecular complexity index is 1020. The molecule has 3 rings (SSSR count). The highest BCUT2D eigenvalue weighted by atomic mass is 32.2. The van der Waals surface area contributed by atoms with Gasteiger partial charge in [0.15, 0.2) is 0 Å². The zero-order valence-electron chi connectivity index (χ0n) is 17.6. The highest BCUT2D eigenvalue weighted by Gasteiger charge is 2.45. The molecular weight excluding hydrogens is 386 g/mol. The van der Waals surface area contributed by atoms with Crippen LogP contribution in [0.15, 0.2) is 42.5 Å². The maximum atomic E-state index is 12.6. The Morgan fingerprint density at radius 1 is 1.03 bits per heavy atom. The summed E-state index contributed by atoms with van der Waals surface area (Å²) in [6, 6.07) is 13.3. The lowest BCUT2D eigenvalue weighted by atomic mass is 9.86. The Labute approximate surface area is 173 Å². The van der Waals surface area contributed by atoms with Crippen molar-refractivity contribution in [3.63, 3.8) is 0 Å². The Kier molecular flexibility index (Phi) is 5.38. The SMILES string of the molecule is Cc1cc(NC(=O)NC2(c3ccc(C(C)(C)C)cc3)CC2)ccc1NS(C)(=O)=O. The highest BCUT2D eigenvalue weighted by molar-refractivity contribution is 7.92. The predicted octanol–water partition coefficient (Wildman–Crippen LogP) is 4.47. The first-order chi connectivity index (χ1) is 13.4. The molecule has 1 saturated carbocycles. The Morgan fingerprint density at radius 3 is 2.14 bits per heavy atom. The largest absolute Gasteiger partial charge is 0.328 e. The fourth-order valence-corrected chi connectivity index (χ4v) is 3.96. The molecular formula is C22H29N3O3S. The zero-order chi connectivity index (χ0) is 21.4. The molecule has 29 heavy (non-hydrogen) atoms. The molecule has 0 spiro atoms. The molecule has 156 valence electrons. The standard InChI is InChI=1S/C22H29N3O3S/c1-15-14-18(10-11-19(15)25-29(5,27)28)23-20(26)24-22(12-13-22)17-8-6-16(7-9-17)21(2,3)4/h6-11,14,25H,12-13H2,1-5H3,(H2,23,24,26). The van der Waals surface area contributed by atoms with Gasteiger partial charge in [0.2, 0.25) is 10.0 Å². The van der Waals surface area contributed by atoms with Crippen molar-refractivity contribution in [3.8, 4) is 0 Å². The van der Waals surface area contributed by atoms with E-state index in [4.69, 9.17) is 0 Å². The second-order valence-corrected chi connectivity index (χ2v) is 10.6. The monoisotopic (exact) mass is 415 g/mol. The topological polar surface area (TPSA) is 87.3 Å². The first-order valence-corrected chi connectivity index (χ1v) is 11.6. The number of hydrogen-bond donors (Lipinski definition) is 3. The van der Waals surface area contributed by atoms with E-state index in [1.165, 1.54) is 5.56 Å². The zero-order valence-corrected chi connectivity index (χ0v) is 18.4. The number of aryl methyl sites for hydroxylation is 1. The molecule has 2 aromatic rings. The maximum absolute atomic E-state index is 12.6. The van der Waals surface area contributed by atoms with Crippen LogP contribution >= 0.6 is 0 Å². The van der Waals surface area contributed by atoms with Crippen molar-refractivity contribution < 1.29 is 13.2 Å². The number of carbonyl (C=O) groups is 1. The molecule has 1 fully saturated rings. The molecule has 2 amide bonds. The summed E-state index contributed by atoms with van der Waals surface area (Å²) in [4.78, 5) is 12.6. The van der Waals surface area contributed by atoms with E-state index in [-0.39, 0.29) is 17.0 Å². The molecule has 1 aliphatic rings. The van der Waals surface area contributed by atoms with Crippen molar-refractivity contribution in [1.82, 2.24) is 5.32 Å². The number of sulfonamides is 1. The van der Waals surface area contributed by atoms with Gasteiger partial charge in [0.25, 0.3) is 0 Å². The van der Waals surface area contributed by atoms with Gasteiger partial charge < -0.3 is 10.6 Å². The third-order valence-electron chi connectivity index (χ3n) is 5.19. The number of anilines is 2. The van der Waals surface area contributed by atoms with Gasteiger partial charge in [-0.25, -0.2) is 13.2 Å². The summed E-state index contributed by atoms with van der Waals surface area (Å²) in [5.41, 5.74) is 3.99. The molecule has 7 heteroatoms. The number of amides is 2. The van der Waals surface area contributed by atoms with Crippen LogP contribution in [-0.2, 0) is 21.0 Å². The Balaban J connectivity index is 1.67. The molecule has 0 aliphatic heterocycles. The van der Waals surface area contributed by atoms with Gasteiger partial charge in [0.1, 0.15) is 0 Å².